The third kappa shape index (κ3) is 3.52. The van der Waals surface area contributed by atoms with E-state index in [2.05, 4.69) is 25.3 Å². The van der Waals surface area contributed by atoms with Crippen LogP contribution < -0.4 is 5.32 Å². The van der Waals surface area contributed by atoms with E-state index in [9.17, 15) is 10.2 Å². The first kappa shape index (κ1) is 19.6. The number of hydrogen-bond donors (Lipinski definition) is 3. The Morgan fingerprint density at radius 3 is 2.68 bits per heavy atom. The molecule has 5 rings (SSSR count). The van der Waals surface area contributed by atoms with Crippen LogP contribution in [-0.2, 0) is 11.3 Å². The first-order valence-corrected chi connectivity index (χ1v) is 10.0. The molecule has 0 aromatic carbocycles. The second kappa shape index (κ2) is 8.03. The van der Waals surface area contributed by atoms with E-state index in [1.54, 1.807) is 30.1 Å². The van der Waals surface area contributed by atoms with Crippen molar-refractivity contribution in [3.05, 3.63) is 67.1 Å². The van der Waals surface area contributed by atoms with E-state index in [1.807, 2.05) is 36.5 Å². The zero-order valence-corrected chi connectivity index (χ0v) is 16.8. The Balaban J connectivity index is 1.63. The van der Waals surface area contributed by atoms with Crippen LogP contribution in [0.4, 0.5) is 5.82 Å². The average Bonchev–Trinajstić information content (AvgIpc) is 3.32. The molecule has 0 radical (unpaired) electrons. The Labute approximate surface area is 178 Å². The van der Waals surface area contributed by atoms with Crippen molar-refractivity contribution in [1.82, 2.24) is 24.5 Å². The van der Waals surface area contributed by atoms with Crippen molar-refractivity contribution in [1.29, 1.82) is 0 Å². The van der Waals surface area contributed by atoms with Gasteiger partial charge in [0.15, 0.2) is 6.23 Å². The molecule has 5 heterocycles. The largest absolute Gasteiger partial charge is 0.388 e. The highest BCUT2D eigenvalue weighted by Crippen LogP contribution is 2.38. The van der Waals surface area contributed by atoms with Gasteiger partial charge in [-0.3, -0.25) is 9.97 Å². The number of nitrogens with zero attached hydrogens (tertiary/aromatic N) is 5. The number of hydrogen-bond acceptors (Lipinski definition) is 8. The molecule has 0 aliphatic carbocycles. The molecule has 3 N–H and O–H groups in total. The first-order chi connectivity index (χ1) is 15.1. The maximum absolute atomic E-state index is 10.6. The number of ether oxygens (including phenoxy) is 1. The van der Waals surface area contributed by atoms with Crippen molar-refractivity contribution in [3.63, 3.8) is 0 Å². The fourth-order valence-electron chi connectivity index (χ4n) is 3.89. The molecule has 1 aliphatic rings. The van der Waals surface area contributed by atoms with E-state index in [4.69, 9.17) is 4.74 Å². The van der Waals surface area contributed by atoms with Gasteiger partial charge in [0.25, 0.3) is 0 Å². The minimum Gasteiger partial charge on any atom is -0.388 e. The van der Waals surface area contributed by atoms with E-state index in [0.29, 0.717) is 18.0 Å². The van der Waals surface area contributed by atoms with Crippen molar-refractivity contribution >= 4 is 16.9 Å². The Kier molecular flexibility index (Phi) is 5.06. The lowest BCUT2D eigenvalue weighted by atomic mass is 10.1. The van der Waals surface area contributed by atoms with Crippen molar-refractivity contribution in [2.45, 2.75) is 38.0 Å². The molecule has 1 saturated heterocycles. The molecule has 1 fully saturated rings. The van der Waals surface area contributed by atoms with Crippen LogP contribution >= 0.6 is 0 Å². The minimum atomic E-state index is -1.08. The van der Waals surface area contributed by atoms with E-state index < -0.39 is 24.5 Å². The number of pyridine rings is 2. The fourth-order valence-corrected chi connectivity index (χ4v) is 3.89. The van der Waals surface area contributed by atoms with Gasteiger partial charge in [0.2, 0.25) is 0 Å². The average molecular weight is 418 g/mol. The van der Waals surface area contributed by atoms with Crippen LogP contribution in [0.1, 0.15) is 18.8 Å². The van der Waals surface area contributed by atoms with E-state index in [0.717, 1.165) is 22.2 Å². The highest BCUT2D eigenvalue weighted by Gasteiger charge is 2.42. The molecule has 9 heteroatoms. The Bertz CT molecular complexity index is 1180. The summed E-state index contributed by atoms with van der Waals surface area (Å²) in [6, 6.07) is 9.54. The second-order valence-corrected chi connectivity index (χ2v) is 7.50. The molecule has 31 heavy (non-hydrogen) atoms. The summed E-state index contributed by atoms with van der Waals surface area (Å²) in [4.78, 5) is 17.5. The topological polar surface area (TPSA) is 118 Å². The minimum absolute atomic E-state index is 0.489. The van der Waals surface area contributed by atoms with Crippen LogP contribution in [0, 0.1) is 0 Å². The summed E-state index contributed by atoms with van der Waals surface area (Å²) in [6.45, 7) is 2.22. The van der Waals surface area contributed by atoms with Crippen LogP contribution in [0.5, 0.6) is 0 Å². The molecule has 0 saturated carbocycles. The predicted molar refractivity (Wildman–Crippen MR) is 114 cm³/mol. The second-order valence-electron chi connectivity index (χ2n) is 7.50. The van der Waals surface area contributed by atoms with Crippen molar-refractivity contribution in [2.24, 2.45) is 0 Å². The summed E-state index contributed by atoms with van der Waals surface area (Å²) in [6.07, 6.45) is 5.23. The summed E-state index contributed by atoms with van der Waals surface area (Å²) in [5.74, 6) is 0.634. The van der Waals surface area contributed by atoms with Crippen molar-refractivity contribution in [3.8, 4) is 11.1 Å². The predicted octanol–water partition coefficient (Wildman–Crippen LogP) is 2.14. The Morgan fingerprint density at radius 2 is 1.97 bits per heavy atom. The SMILES string of the molecule is C[C@H]1O[C@@H](n2cc(-c3cccnc3)c3c(NCc4ccccn4)ncnc32)[C@H](O)[C@@H]1O. The van der Waals surface area contributed by atoms with Crippen molar-refractivity contribution < 1.29 is 14.9 Å². The summed E-state index contributed by atoms with van der Waals surface area (Å²) in [7, 11) is 0. The molecular weight excluding hydrogens is 396 g/mol. The van der Waals surface area contributed by atoms with E-state index >= 15 is 0 Å². The zero-order valence-electron chi connectivity index (χ0n) is 16.8. The molecule has 158 valence electrons. The molecule has 4 aromatic heterocycles. The van der Waals surface area contributed by atoms with Gasteiger partial charge in [-0.15, -0.1) is 0 Å². The van der Waals surface area contributed by atoms with Gasteiger partial charge in [0.05, 0.1) is 23.7 Å². The van der Waals surface area contributed by atoms with Gasteiger partial charge in [-0.2, -0.15) is 0 Å². The lowest BCUT2D eigenvalue weighted by molar-refractivity contribution is -0.0295. The van der Waals surface area contributed by atoms with Crippen LogP contribution in [0.15, 0.2) is 61.4 Å². The Morgan fingerprint density at radius 1 is 1.06 bits per heavy atom. The van der Waals surface area contributed by atoms with E-state index in [-0.39, 0.29) is 0 Å². The van der Waals surface area contributed by atoms with Crippen molar-refractivity contribution in [2.75, 3.05) is 5.32 Å². The summed E-state index contributed by atoms with van der Waals surface area (Å²) < 4.78 is 7.61. The quantitative estimate of drug-likeness (QED) is 0.451. The van der Waals surface area contributed by atoms with Gasteiger partial charge < -0.3 is 24.8 Å². The zero-order chi connectivity index (χ0) is 21.4. The molecule has 4 aromatic rings. The molecule has 0 amide bonds. The lowest BCUT2D eigenvalue weighted by Gasteiger charge is -2.17. The molecule has 1 aliphatic heterocycles. The number of aliphatic hydroxyl groups excluding tert-OH is 2. The maximum atomic E-state index is 10.6. The molecule has 0 unspecified atom stereocenters. The summed E-state index contributed by atoms with van der Waals surface area (Å²) >= 11 is 0. The molecule has 0 bridgehead atoms. The van der Waals surface area contributed by atoms with Crippen LogP contribution in [0.25, 0.3) is 22.2 Å². The number of nitrogens with one attached hydrogen (secondary N) is 1. The smallest absolute Gasteiger partial charge is 0.164 e. The number of rotatable bonds is 5. The van der Waals surface area contributed by atoms with Crippen LogP contribution in [0.3, 0.4) is 0 Å². The number of anilines is 1. The van der Waals surface area contributed by atoms with Gasteiger partial charge >= 0.3 is 0 Å². The van der Waals surface area contributed by atoms with Gasteiger partial charge in [-0.05, 0) is 25.1 Å². The number of aliphatic hydroxyl groups is 2. The van der Waals surface area contributed by atoms with Gasteiger partial charge in [0.1, 0.15) is 30.0 Å². The van der Waals surface area contributed by atoms with Gasteiger partial charge in [-0.25, -0.2) is 9.97 Å². The maximum Gasteiger partial charge on any atom is 0.164 e. The molecular formula is C22H22N6O3. The van der Waals surface area contributed by atoms with Gasteiger partial charge in [-0.1, -0.05) is 12.1 Å². The summed E-state index contributed by atoms with van der Waals surface area (Å²) in [5, 5.41) is 24.9. The third-order valence-electron chi connectivity index (χ3n) is 5.50. The highest BCUT2D eigenvalue weighted by atomic mass is 16.6. The normalized spacial score (nSPS) is 23.3. The molecule has 9 nitrogen and oxygen atoms in total. The van der Waals surface area contributed by atoms with Gasteiger partial charge in [0, 0.05) is 35.9 Å². The number of fused-ring (bicyclic) bond motifs is 1. The number of aromatic nitrogens is 5. The monoisotopic (exact) mass is 418 g/mol. The van der Waals surface area contributed by atoms with E-state index in [1.165, 1.54) is 6.33 Å². The third-order valence-corrected chi connectivity index (χ3v) is 5.50. The first-order valence-electron chi connectivity index (χ1n) is 10.0. The molecule has 4 atom stereocenters. The highest BCUT2D eigenvalue weighted by molar-refractivity contribution is 6.01. The summed E-state index contributed by atoms with van der Waals surface area (Å²) in [5.41, 5.74) is 3.19. The van der Waals surface area contributed by atoms with Crippen LogP contribution in [0.2, 0.25) is 0 Å². The Hall–Kier alpha value is -3.40. The molecule has 0 spiro atoms. The van der Waals surface area contributed by atoms with Crippen LogP contribution in [-0.4, -0.2) is 53.0 Å². The fraction of sp³-hybridized carbons (Fsp3) is 0.273. The standard InChI is InChI=1S/C22H22N6O3/c1-13-18(29)19(30)22(31-13)28-11-16(14-5-4-7-23-9-14)17-20(26-12-27-21(17)28)25-10-15-6-2-3-8-24-15/h2-9,11-13,18-19,22,29-30H,10H2,1H3,(H,25,26,27)/t13-,18-,19-,22-/m1/s1. The lowest BCUT2D eigenvalue weighted by Crippen LogP contribution is -2.30.